The molecule has 0 bridgehead atoms. The molecular formula is C66H78O4S2. The van der Waals surface area contributed by atoms with Crippen molar-refractivity contribution in [2.45, 2.75) is 154 Å². The van der Waals surface area contributed by atoms with E-state index in [0.717, 1.165) is 55.9 Å². The van der Waals surface area contributed by atoms with Gasteiger partial charge in [0.15, 0.2) is 0 Å². The normalized spacial score (nSPS) is 11.7. The van der Waals surface area contributed by atoms with Crippen molar-refractivity contribution in [2.75, 3.05) is 11.5 Å². The molecule has 0 saturated heterocycles. The second-order valence-electron chi connectivity index (χ2n) is 20.3. The maximum absolute atomic E-state index is 11.0. The molecule has 0 heterocycles. The maximum atomic E-state index is 11.0. The molecule has 8 rings (SSSR count). The summed E-state index contributed by atoms with van der Waals surface area (Å²) in [6.45, 7) is 0. The van der Waals surface area contributed by atoms with Crippen LogP contribution in [-0.2, 0) is 12.8 Å². The van der Waals surface area contributed by atoms with Gasteiger partial charge in [0.25, 0.3) is 0 Å². The van der Waals surface area contributed by atoms with E-state index in [1.165, 1.54) is 164 Å². The lowest BCUT2D eigenvalue weighted by atomic mass is 9.91. The van der Waals surface area contributed by atoms with Crippen molar-refractivity contribution < 1.29 is 20.4 Å². The molecule has 4 nitrogen and oxygen atoms in total. The Balaban J connectivity index is 0.568. The summed E-state index contributed by atoms with van der Waals surface area (Å²) >= 11 is 0. The zero-order valence-electron chi connectivity index (χ0n) is 42.7. The van der Waals surface area contributed by atoms with Gasteiger partial charge in [-0.2, -0.15) is 0 Å². The van der Waals surface area contributed by atoms with Crippen LogP contribution in [-0.4, -0.2) is 31.9 Å². The van der Waals surface area contributed by atoms with Crippen molar-refractivity contribution in [3.63, 3.8) is 0 Å². The number of unbranched alkanes of at least 4 members (excludes halogenated alkanes) is 20. The van der Waals surface area contributed by atoms with Crippen LogP contribution in [0.15, 0.2) is 133 Å². The molecule has 0 fully saturated rings. The van der Waals surface area contributed by atoms with E-state index in [2.05, 4.69) is 58.0 Å². The van der Waals surface area contributed by atoms with Crippen LogP contribution in [0.1, 0.15) is 152 Å². The molecule has 0 aliphatic heterocycles. The fourth-order valence-corrected chi connectivity index (χ4v) is 13.2. The highest BCUT2D eigenvalue weighted by molar-refractivity contribution is 8.76. The molecule has 4 N–H and O–H groups in total. The summed E-state index contributed by atoms with van der Waals surface area (Å²) in [5.41, 5.74) is 5.47. The first-order valence-electron chi connectivity index (χ1n) is 27.6. The molecule has 378 valence electrons. The first kappa shape index (κ1) is 53.0. The van der Waals surface area contributed by atoms with Crippen LogP contribution in [0.2, 0.25) is 0 Å². The standard InChI is InChI=1S/C66H78O4S2/c67-59-41-35-51-29-21-23-31-55(51)63(59)65-57-39-33-49(47-53(57)37-43-61(65)69)27-19-15-11-7-3-1-5-9-13-17-25-45-71-72-46-26-18-14-10-6-2-4-8-12-16-20-28-50-34-40-58-54(48-50)38-44-62(70)66(58)64-56-32-24-22-30-52(56)36-42-60(64)68/h21-24,29-44,47-48,67-70H,1-20,25-28,45-46H2. The molecule has 0 saturated carbocycles. The lowest BCUT2D eigenvalue weighted by molar-refractivity contribution is 0.470. The Morgan fingerprint density at radius 1 is 0.250 bits per heavy atom. The zero-order valence-corrected chi connectivity index (χ0v) is 44.3. The van der Waals surface area contributed by atoms with E-state index in [1.807, 2.05) is 72.8 Å². The minimum atomic E-state index is 0.187. The van der Waals surface area contributed by atoms with Crippen molar-refractivity contribution >= 4 is 64.7 Å². The molecule has 0 aromatic heterocycles. The average Bonchev–Trinajstić information content (AvgIpc) is 3.40. The highest BCUT2D eigenvalue weighted by atomic mass is 33.1. The second-order valence-corrected chi connectivity index (χ2v) is 23.0. The molecule has 0 radical (unpaired) electrons. The van der Waals surface area contributed by atoms with Gasteiger partial charge in [-0.3, -0.25) is 0 Å². The Morgan fingerprint density at radius 3 is 0.875 bits per heavy atom. The van der Waals surface area contributed by atoms with Crippen LogP contribution in [0.25, 0.3) is 65.3 Å². The predicted molar refractivity (Wildman–Crippen MR) is 314 cm³/mol. The van der Waals surface area contributed by atoms with E-state index in [-0.39, 0.29) is 23.0 Å². The van der Waals surface area contributed by atoms with Crippen LogP contribution in [0.5, 0.6) is 23.0 Å². The molecule has 0 aliphatic rings. The van der Waals surface area contributed by atoms with Crippen molar-refractivity contribution in [3.05, 3.63) is 145 Å². The Kier molecular flexibility index (Phi) is 20.8. The Labute approximate surface area is 438 Å². The fraction of sp³-hybridized carbons (Fsp3) is 0.394. The molecule has 6 heteroatoms. The number of phenols is 4. The summed E-state index contributed by atoms with van der Waals surface area (Å²) in [6.07, 6.45) is 31.8. The van der Waals surface area contributed by atoms with Gasteiger partial charge in [0.1, 0.15) is 23.0 Å². The van der Waals surface area contributed by atoms with Crippen molar-refractivity contribution in [1.82, 2.24) is 0 Å². The number of rotatable bonds is 31. The van der Waals surface area contributed by atoms with Crippen molar-refractivity contribution in [1.29, 1.82) is 0 Å². The Hall–Kier alpha value is -5.30. The monoisotopic (exact) mass is 999 g/mol. The van der Waals surface area contributed by atoms with Gasteiger partial charge in [-0.1, -0.05) is 246 Å². The third kappa shape index (κ3) is 14.7. The number of aromatic hydroxyl groups is 4. The average molecular weight is 999 g/mol. The van der Waals surface area contributed by atoms with Crippen LogP contribution in [0.4, 0.5) is 0 Å². The van der Waals surface area contributed by atoms with Crippen molar-refractivity contribution in [2.24, 2.45) is 0 Å². The summed E-state index contributed by atoms with van der Waals surface area (Å²) < 4.78 is 0. The lowest BCUT2D eigenvalue weighted by Gasteiger charge is -2.15. The van der Waals surface area contributed by atoms with Gasteiger partial charge in [-0.25, -0.2) is 0 Å². The van der Waals surface area contributed by atoms with E-state index in [1.54, 1.807) is 24.3 Å². The first-order valence-corrected chi connectivity index (χ1v) is 30.1. The Morgan fingerprint density at radius 2 is 0.528 bits per heavy atom. The summed E-state index contributed by atoms with van der Waals surface area (Å²) in [4.78, 5) is 0. The van der Waals surface area contributed by atoms with E-state index in [9.17, 15) is 20.4 Å². The van der Waals surface area contributed by atoms with Gasteiger partial charge in [0.05, 0.1) is 0 Å². The quantitative estimate of drug-likeness (QED) is 0.0256. The fourth-order valence-electron chi connectivity index (χ4n) is 10.9. The highest BCUT2D eigenvalue weighted by Gasteiger charge is 2.19. The van der Waals surface area contributed by atoms with Crippen LogP contribution in [0, 0.1) is 0 Å². The molecule has 0 unspecified atom stereocenters. The highest BCUT2D eigenvalue weighted by Crippen LogP contribution is 2.46. The number of aryl methyl sites for hydroxylation is 2. The molecule has 0 spiro atoms. The number of phenolic OH excluding ortho intramolecular Hbond substituents is 4. The maximum Gasteiger partial charge on any atom is 0.124 e. The predicted octanol–water partition coefficient (Wildman–Crippen LogP) is 20.2. The van der Waals surface area contributed by atoms with Gasteiger partial charge >= 0.3 is 0 Å². The van der Waals surface area contributed by atoms with Crippen LogP contribution in [0.3, 0.4) is 0 Å². The summed E-state index contributed by atoms with van der Waals surface area (Å²) in [5.74, 6) is 3.37. The summed E-state index contributed by atoms with van der Waals surface area (Å²) in [6, 6.07) is 44.0. The number of hydrogen-bond acceptors (Lipinski definition) is 6. The SMILES string of the molecule is Oc1ccc2ccccc2c1-c1c(O)ccc2cc(CCCCCCCCCCCCCSSCCCCCCCCCCCCCc3ccc4c(-c5c(O)ccc6ccccc56)c(O)ccc4c3)ccc12. The molecule has 0 amide bonds. The van der Waals surface area contributed by atoms with Gasteiger partial charge in [-0.05, 0) is 117 Å². The number of benzene rings is 8. The third-order valence-electron chi connectivity index (χ3n) is 14.9. The van der Waals surface area contributed by atoms with E-state index >= 15 is 0 Å². The largest absolute Gasteiger partial charge is 0.507 e. The van der Waals surface area contributed by atoms with Gasteiger partial charge in [0, 0.05) is 33.8 Å². The van der Waals surface area contributed by atoms with Crippen LogP contribution >= 0.6 is 21.6 Å². The molecule has 0 aliphatic carbocycles. The first-order chi connectivity index (χ1) is 35.5. The number of fused-ring (bicyclic) bond motifs is 4. The summed E-state index contributed by atoms with van der Waals surface area (Å²) in [7, 11) is 4.20. The van der Waals surface area contributed by atoms with E-state index in [4.69, 9.17) is 0 Å². The minimum absolute atomic E-state index is 0.187. The molecule has 8 aromatic carbocycles. The third-order valence-corrected chi connectivity index (χ3v) is 17.5. The van der Waals surface area contributed by atoms with Crippen LogP contribution < -0.4 is 0 Å². The van der Waals surface area contributed by atoms with Crippen molar-refractivity contribution in [3.8, 4) is 45.3 Å². The zero-order chi connectivity index (χ0) is 49.7. The smallest absolute Gasteiger partial charge is 0.124 e. The Bertz CT molecular complexity index is 2760. The molecule has 8 aromatic rings. The second kappa shape index (κ2) is 28.2. The van der Waals surface area contributed by atoms with E-state index in [0.29, 0.717) is 22.3 Å². The molecular weight excluding hydrogens is 921 g/mol. The minimum Gasteiger partial charge on any atom is -0.507 e. The topological polar surface area (TPSA) is 80.9 Å². The molecule has 0 atom stereocenters. The van der Waals surface area contributed by atoms with Gasteiger partial charge in [0.2, 0.25) is 0 Å². The summed E-state index contributed by atoms with van der Waals surface area (Å²) in [5, 5.41) is 51.8. The van der Waals surface area contributed by atoms with Gasteiger partial charge in [-0.15, -0.1) is 0 Å². The number of hydrogen-bond donors (Lipinski definition) is 4. The lowest BCUT2D eigenvalue weighted by Crippen LogP contribution is -1.90. The molecule has 72 heavy (non-hydrogen) atoms. The van der Waals surface area contributed by atoms with Gasteiger partial charge < -0.3 is 20.4 Å². The van der Waals surface area contributed by atoms with E-state index < -0.39 is 0 Å².